The molecule has 5 nitrogen and oxygen atoms in total. The normalized spacial score (nSPS) is 11.4. The van der Waals surface area contributed by atoms with Crippen molar-refractivity contribution in [2.45, 2.75) is 26.2 Å². The molecule has 0 aliphatic rings. The molecular formula is C15H18N2O3. The topological polar surface area (TPSA) is 75.0 Å². The number of methoxy groups -OCH3 is 1. The maximum Gasteiger partial charge on any atom is 0.326 e. The third-order valence-corrected chi connectivity index (χ3v) is 3.12. The van der Waals surface area contributed by atoms with Crippen molar-refractivity contribution in [3.63, 3.8) is 0 Å². The molecule has 0 radical (unpaired) electrons. The van der Waals surface area contributed by atoms with E-state index in [9.17, 15) is 9.59 Å². The van der Waals surface area contributed by atoms with Crippen LogP contribution in [0.3, 0.4) is 0 Å². The molecule has 5 heteroatoms. The van der Waals surface area contributed by atoms with Gasteiger partial charge in [0.05, 0.1) is 12.8 Å². The van der Waals surface area contributed by atoms with Crippen molar-refractivity contribution < 1.29 is 4.74 Å². The molecule has 2 aromatic rings. The lowest BCUT2D eigenvalue weighted by atomic mass is 9.85. The van der Waals surface area contributed by atoms with Crippen LogP contribution >= 0.6 is 0 Å². The molecule has 1 aromatic carbocycles. The minimum absolute atomic E-state index is 0.0392. The Balaban J connectivity index is 2.70. The number of aromatic nitrogens is 2. The van der Waals surface area contributed by atoms with Crippen LogP contribution in [0, 0.1) is 0 Å². The smallest absolute Gasteiger partial charge is 0.326 e. The highest BCUT2D eigenvalue weighted by Crippen LogP contribution is 2.32. The van der Waals surface area contributed by atoms with Crippen molar-refractivity contribution in [1.82, 2.24) is 9.97 Å². The van der Waals surface area contributed by atoms with Gasteiger partial charge in [-0.3, -0.25) is 9.78 Å². The van der Waals surface area contributed by atoms with E-state index in [2.05, 4.69) is 30.7 Å². The van der Waals surface area contributed by atoms with E-state index in [1.54, 1.807) is 7.11 Å². The lowest BCUT2D eigenvalue weighted by Gasteiger charge is -2.21. The lowest BCUT2D eigenvalue weighted by Crippen LogP contribution is -2.21. The zero-order chi connectivity index (χ0) is 14.9. The standard InChI is InChI=1S/C15H18N2O3/c1-15(2,3)9-5-6-12(20-4)10(7-9)11-8-13(18)17-14(19)16-11/h5-8H,1-4H3,(H2,16,17,18,19). The van der Waals surface area contributed by atoms with Crippen molar-refractivity contribution >= 4 is 0 Å². The summed E-state index contributed by atoms with van der Waals surface area (Å²) in [5, 5.41) is 0. The Bertz CT molecular complexity index is 708. The third kappa shape index (κ3) is 2.82. The molecule has 0 spiro atoms. The van der Waals surface area contributed by atoms with E-state index in [1.807, 2.05) is 18.2 Å². The van der Waals surface area contributed by atoms with Crippen LogP contribution in [-0.4, -0.2) is 17.1 Å². The number of benzene rings is 1. The monoisotopic (exact) mass is 274 g/mol. The third-order valence-electron chi connectivity index (χ3n) is 3.12. The lowest BCUT2D eigenvalue weighted by molar-refractivity contribution is 0.415. The first-order valence-corrected chi connectivity index (χ1v) is 6.34. The van der Waals surface area contributed by atoms with Gasteiger partial charge in [-0.15, -0.1) is 0 Å². The molecule has 0 bridgehead atoms. The van der Waals surface area contributed by atoms with Crippen molar-refractivity contribution in [2.24, 2.45) is 0 Å². The zero-order valence-electron chi connectivity index (χ0n) is 12.0. The molecule has 0 atom stereocenters. The maximum absolute atomic E-state index is 11.4. The second-order valence-electron chi connectivity index (χ2n) is 5.67. The van der Waals surface area contributed by atoms with Crippen LogP contribution in [0.25, 0.3) is 11.3 Å². The van der Waals surface area contributed by atoms with Gasteiger partial charge in [-0.1, -0.05) is 26.8 Å². The van der Waals surface area contributed by atoms with E-state index in [1.165, 1.54) is 6.07 Å². The van der Waals surface area contributed by atoms with Gasteiger partial charge < -0.3 is 9.72 Å². The Labute approximate surface area is 116 Å². The van der Waals surface area contributed by atoms with E-state index < -0.39 is 11.2 Å². The van der Waals surface area contributed by atoms with Gasteiger partial charge in [-0.25, -0.2) is 4.79 Å². The summed E-state index contributed by atoms with van der Waals surface area (Å²) >= 11 is 0. The molecule has 2 N–H and O–H groups in total. The Morgan fingerprint density at radius 1 is 1.05 bits per heavy atom. The number of hydrogen-bond acceptors (Lipinski definition) is 3. The van der Waals surface area contributed by atoms with Gasteiger partial charge in [-0.05, 0) is 23.1 Å². The Kier molecular flexibility index (Phi) is 3.53. The first-order valence-electron chi connectivity index (χ1n) is 6.34. The second kappa shape index (κ2) is 5.00. The summed E-state index contributed by atoms with van der Waals surface area (Å²) in [4.78, 5) is 27.6. The van der Waals surface area contributed by atoms with E-state index in [0.29, 0.717) is 17.0 Å². The number of rotatable bonds is 2. The summed E-state index contributed by atoms with van der Waals surface area (Å²) in [6, 6.07) is 7.11. The van der Waals surface area contributed by atoms with Gasteiger partial charge in [0.25, 0.3) is 5.56 Å². The van der Waals surface area contributed by atoms with Gasteiger partial charge >= 0.3 is 5.69 Å². The molecule has 20 heavy (non-hydrogen) atoms. The molecule has 1 heterocycles. The predicted octanol–water partition coefficient (Wildman–Crippen LogP) is 2.04. The summed E-state index contributed by atoms with van der Waals surface area (Å²) in [7, 11) is 1.56. The predicted molar refractivity (Wildman–Crippen MR) is 78.4 cm³/mol. The molecule has 0 fully saturated rings. The first kappa shape index (κ1) is 14.1. The largest absolute Gasteiger partial charge is 0.496 e. The number of ether oxygens (including phenoxy) is 1. The molecule has 1 aromatic heterocycles. The minimum Gasteiger partial charge on any atom is -0.496 e. The van der Waals surface area contributed by atoms with Crippen molar-refractivity contribution in [1.29, 1.82) is 0 Å². The van der Waals surface area contributed by atoms with Crippen molar-refractivity contribution in [2.75, 3.05) is 7.11 Å². The van der Waals surface area contributed by atoms with Crippen LogP contribution in [0.2, 0.25) is 0 Å². The molecule has 0 unspecified atom stereocenters. The fourth-order valence-corrected chi connectivity index (χ4v) is 2.00. The zero-order valence-corrected chi connectivity index (χ0v) is 12.0. The van der Waals surface area contributed by atoms with Crippen molar-refractivity contribution in [3.05, 3.63) is 50.7 Å². The fraction of sp³-hybridized carbons (Fsp3) is 0.333. The fourth-order valence-electron chi connectivity index (χ4n) is 2.00. The molecule has 0 aliphatic carbocycles. The van der Waals surface area contributed by atoms with Crippen molar-refractivity contribution in [3.8, 4) is 17.0 Å². The highest BCUT2D eigenvalue weighted by molar-refractivity contribution is 5.68. The molecule has 0 amide bonds. The highest BCUT2D eigenvalue weighted by Gasteiger charge is 2.17. The van der Waals surface area contributed by atoms with Gasteiger partial charge in [0, 0.05) is 11.6 Å². The van der Waals surface area contributed by atoms with E-state index in [-0.39, 0.29) is 5.41 Å². The summed E-state index contributed by atoms with van der Waals surface area (Å²) < 4.78 is 5.31. The Hall–Kier alpha value is -2.30. The molecule has 0 aliphatic heterocycles. The minimum atomic E-state index is -0.532. The summed E-state index contributed by atoms with van der Waals surface area (Å²) in [5.74, 6) is 0.610. The Morgan fingerprint density at radius 2 is 1.75 bits per heavy atom. The van der Waals surface area contributed by atoms with Gasteiger partial charge in [-0.2, -0.15) is 0 Å². The van der Waals surface area contributed by atoms with Crippen LogP contribution in [0.5, 0.6) is 5.75 Å². The average molecular weight is 274 g/mol. The SMILES string of the molecule is COc1ccc(C(C)(C)C)cc1-c1cc(=O)[nH]c(=O)[nH]1. The summed E-state index contributed by atoms with van der Waals surface area (Å²) in [6.45, 7) is 6.29. The van der Waals surface area contributed by atoms with Crippen LogP contribution in [0.15, 0.2) is 33.9 Å². The van der Waals surface area contributed by atoms with Gasteiger partial charge in [0.1, 0.15) is 5.75 Å². The van der Waals surface area contributed by atoms with E-state index in [4.69, 9.17) is 4.74 Å². The molecule has 2 rings (SSSR count). The number of aromatic amines is 2. The maximum atomic E-state index is 11.4. The molecule has 0 saturated heterocycles. The number of nitrogens with one attached hydrogen (secondary N) is 2. The number of H-pyrrole nitrogens is 2. The molecular weight excluding hydrogens is 256 g/mol. The average Bonchev–Trinajstić information content (AvgIpc) is 2.35. The van der Waals surface area contributed by atoms with E-state index >= 15 is 0 Å². The van der Waals surface area contributed by atoms with Gasteiger partial charge in [0.15, 0.2) is 0 Å². The Morgan fingerprint density at radius 3 is 2.30 bits per heavy atom. The summed E-state index contributed by atoms with van der Waals surface area (Å²) in [5.41, 5.74) is 1.23. The highest BCUT2D eigenvalue weighted by atomic mass is 16.5. The number of hydrogen-bond donors (Lipinski definition) is 2. The van der Waals surface area contributed by atoms with Crippen LogP contribution < -0.4 is 16.0 Å². The van der Waals surface area contributed by atoms with Crippen LogP contribution in [0.1, 0.15) is 26.3 Å². The summed E-state index contributed by atoms with van der Waals surface area (Å²) in [6.07, 6.45) is 0. The first-order chi connectivity index (χ1) is 9.31. The molecule has 106 valence electrons. The quantitative estimate of drug-likeness (QED) is 0.880. The van der Waals surface area contributed by atoms with E-state index in [0.717, 1.165) is 5.56 Å². The van der Waals surface area contributed by atoms with Crippen LogP contribution in [0.4, 0.5) is 0 Å². The van der Waals surface area contributed by atoms with Crippen LogP contribution in [-0.2, 0) is 5.41 Å². The molecule has 0 saturated carbocycles. The second-order valence-corrected chi connectivity index (χ2v) is 5.67. The van der Waals surface area contributed by atoms with Gasteiger partial charge in [0.2, 0.25) is 0 Å².